The Bertz CT molecular complexity index is 132. The van der Waals surface area contributed by atoms with Gasteiger partial charge in [-0.25, -0.2) is 0 Å². The van der Waals surface area contributed by atoms with Crippen LogP contribution in [0.2, 0.25) is 0 Å². The molecule has 0 spiro atoms. The lowest BCUT2D eigenvalue weighted by atomic mass is 10.2. The van der Waals surface area contributed by atoms with Crippen LogP contribution in [0.5, 0.6) is 0 Å². The van der Waals surface area contributed by atoms with Gasteiger partial charge in [0.05, 0.1) is 12.2 Å². The second-order valence-electron chi connectivity index (χ2n) is 4.54. The topological polar surface area (TPSA) is 38.5 Å². The predicted molar refractivity (Wildman–Crippen MR) is 61.5 cm³/mol. The van der Waals surface area contributed by atoms with Crippen LogP contribution in [0, 0.1) is 0 Å². The molecule has 0 aliphatic heterocycles. The molecule has 0 saturated carbocycles. The van der Waals surface area contributed by atoms with Crippen LogP contribution in [0.15, 0.2) is 0 Å². The van der Waals surface area contributed by atoms with Crippen LogP contribution in [0.4, 0.5) is 0 Å². The first-order valence-electron chi connectivity index (χ1n) is 5.56. The number of nitrogens with two attached hydrogens (primary N) is 1. The van der Waals surface area contributed by atoms with Crippen LogP contribution in [-0.2, 0) is 4.74 Å². The van der Waals surface area contributed by atoms with Gasteiger partial charge in [0.25, 0.3) is 0 Å². The zero-order valence-corrected chi connectivity index (χ0v) is 10.2. The van der Waals surface area contributed by atoms with Crippen LogP contribution in [-0.4, -0.2) is 43.3 Å². The Labute approximate surface area is 88.6 Å². The van der Waals surface area contributed by atoms with E-state index in [-0.39, 0.29) is 5.60 Å². The van der Waals surface area contributed by atoms with E-state index in [1.54, 1.807) is 0 Å². The van der Waals surface area contributed by atoms with Gasteiger partial charge in [0, 0.05) is 6.54 Å². The molecule has 14 heavy (non-hydrogen) atoms. The van der Waals surface area contributed by atoms with Crippen LogP contribution >= 0.6 is 0 Å². The first kappa shape index (κ1) is 13.9. The standard InChI is InChI=1S/C11H26N2O/c1-5-13(8-6-7-12)9-10-14-11(2,3)4/h5-10,12H2,1-4H3. The van der Waals surface area contributed by atoms with Gasteiger partial charge in [-0.3, -0.25) is 0 Å². The average Bonchev–Trinajstić information content (AvgIpc) is 2.09. The van der Waals surface area contributed by atoms with Crippen molar-refractivity contribution in [2.45, 2.75) is 39.7 Å². The summed E-state index contributed by atoms with van der Waals surface area (Å²) in [4.78, 5) is 2.37. The Balaban J connectivity index is 3.52. The van der Waals surface area contributed by atoms with E-state index in [2.05, 4.69) is 32.6 Å². The zero-order valence-electron chi connectivity index (χ0n) is 10.2. The number of likely N-dealkylation sites (N-methyl/N-ethyl adjacent to an activating group) is 1. The molecule has 3 nitrogen and oxygen atoms in total. The van der Waals surface area contributed by atoms with Crippen LogP contribution in [0.25, 0.3) is 0 Å². The van der Waals surface area contributed by atoms with E-state index in [9.17, 15) is 0 Å². The van der Waals surface area contributed by atoms with Crippen LogP contribution in [0.1, 0.15) is 34.1 Å². The highest BCUT2D eigenvalue weighted by Crippen LogP contribution is 2.06. The third-order valence-corrected chi connectivity index (χ3v) is 2.07. The highest BCUT2D eigenvalue weighted by Gasteiger charge is 2.10. The fraction of sp³-hybridized carbons (Fsp3) is 1.00. The van der Waals surface area contributed by atoms with Gasteiger partial charge in [0.2, 0.25) is 0 Å². The number of hydrogen-bond acceptors (Lipinski definition) is 3. The SMILES string of the molecule is CCN(CCCN)CCOC(C)(C)C. The van der Waals surface area contributed by atoms with Crippen molar-refractivity contribution in [2.75, 3.05) is 32.8 Å². The van der Waals surface area contributed by atoms with Gasteiger partial charge < -0.3 is 15.4 Å². The van der Waals surface area contributed by atoms with Gasteiger partial charge in [0.1, 0.15) is 0 Å². The molecule has 0 aromatic carbocycles. The van der Waals surface area contributed by atoms with E-state index in [1.165, 1.54) is 0 Å². The molecule has 0 aromatic heterocycles. The predicted octanol–water partition coefficient (Wildman–Crippen LogP) is 1.47. The lowest BCUT2D eigenvalue weighted by Crippen LogP contribution is -2.32. The summed E-state index contributed by atoms with van der Waals surface area (Å²) in [6.45, 7) is 13.2. The molecular formula is C11H26N2O. The number of rotatable bonds is 7. The summed E-state index contributed by atoms with van der Waals surface area (Å²) >= 11 is 0. The normalized spacial score (nSPS) is 12.4. The molecule has 3 heteroatoms. The molecule has 0 heterocycles. The van der Waals surface area contributed by atoms with Crippen molar-refractivity contribution in [3.8, 4) is 0 Å². The fourth-order valence-corrected chi connectivity index (χ4v) is 1.22. The first-order chi connectivity index (χ1) is 6.49. The molecule has 86 valence electrons. The first-order valence-corrected chi connectivity index (χ1v) is 5.56. The third-order valence-electron chi connectivity index (χ3n) is 2.07. The quantitative estimate of drug-likeness (QED) is 0.679. The van der Waals surface area contributed by atoms with Gasteiger partial charge >= 0.3 is 0 Å². The molecular weight excluding hydrogens is 176 g/mol. The fourth-order valence-electron chi connectivity index (χ4n) is 1.22. The van der Waals surface area contributed by atoms with Crippen LogP contribution in [0.3, 0.4) is 0 Å². The maximum absolute atomic E-state index is 5.67. The van der Waals surface area contributed by atoms with Crippen molar-refractivity contribution in [1.29, 1.82) is 0 Å². The lowest BCUT2D eigenvalue weighted by molar-refractivity contribution is -0.0126. The lowest BCUT2D eigenvalue weighted by Gasteiger charge is -2.24. The largest absolute Gasteiger partial charge is 0.375 e. The highest BCUT2D eigenvalue weighted by molar-refractivity contribution is 4.61. The van der Waals surface area contributed by atoms with E-state index < -0.39 is 0 Å². The zero-order chi connectivity index (χ0) is 11.0. The van der Waals surface area contributed by atoms with Gasteiger partial charge in [-0.1, -0.05) is 6.92 Å². The molecule has 0 amide bonds. The molecule has 0 aliphatic carbocycles. The van der Waals surface area contributed by atoms with Gasteiger partial charge in [-0.15, -0.1) is 0 Å². The van der Waals surface area contributed by atoms with E-state index in [0.29, 0.717) is 0 Å². The Morgan fingerprint density at radius 2 is 1.86 bits per heavy atom. The van der Waals surface area contributed by atoms with Crippen molar-refractivity contribution in [3.63, 3.8) is 0 Å². The van der Waals surface area contributed by atoms with Gasteiger partial charge in [-0.05, 0) is 46.8 Å². The summed E-state index contributed by atoms with van der Waals surface area (Å²) in [5, 5.41) is 0. The summed E-state index contributed by atoms with van der Waals surface area (Å²) in [6, 6.07) is 0. The minimum atomic E-state index is -0.0206. The molecule has 0 saturated heterocycles. The molecule has 0 aliphatic rings. The van der Waals surface area contributed by atoms with Crippen molar-refractivity contribution < 1.29 is 4.74 Å². The van der Waals surface area contributed by atoms with Gasteiger partial charge in [0.15, 0.2) is 0 Å². The molecule has 0 radical (unpaired) electrons. The number of ether oxygens (including phenoxy) is 1. The summed E-state index contributed by atoms with van der Waals surface area (Å²) in [7, 11) is 0. The minimum absolute atomic E-state index is 0.0206. The number of hydrogen-bond donors (Lipinski definition) is 1. The van der Waals surface area contributed by atoms with E-state index in [1.807, 2.05) is 0 Å². The van der Waals surface area contributed by atoms with Crippen LogP contribution < -0.4 is 5.73 Å². The maximum Gasteiger partial charge on any atom is 0.0600 e. The smallest absolute Gasteiger partial charge is 0.0600 e. The highest BCUT2D eigenvalue weighted by atomic mass is 16.5. The molecule has 0 fully saturated rings. The average molecular weight is 202 g/mol. The van der Waals surface area contributed by atoms with Crippen molar-refractivity contribution in [2.24, 2.45) is 5.73 Å². The molecule has 0 atom stereocenters. The van der Waals surface area contributed by atoms with E-state index in [4.69, 9.17) is 10.5 Å². The van der Waals surface area contributed by atoms with Gasteiger partial charge in [-0.2, -0.15) is 0 Å². The molecule has 0 rings (SSSR count). The summed E-state index contributed by atoms with van der Waals surface area (Å²) in [5.41, 5.74) is 5.45. The van der Waals surface area contributed by atoms with E-state index >= 15 is 0 Å². The summed E-state index contributed by atoms with van der Waals surface area (Å²) in [5.74, 6) is 0. The van der Waals surface area contributed by atoms with Crippen molar-refractivity contribution in [3.05, 3.63) is 0 Å². The maximum atomic E-state index is 5.67. The van der Waals surface area contributed by atoms with E-state index in [0.717, 1.165) is 39.2 Å². The second kappa shape index (κ2) is 7.21. The van der Waals surface area contributed by atoms with Crippen molar-refractivity contribution in [1.82, 2.24) is 4.90 Å². The molecule has 0 aromatic rings. The monoisotopic (exact) mass is 202 g/mol. The Hall–Kier alpha value is -0.120. The third kappa shape index (κ3) is 8.48. The Morgan fingerprint density at radius 1 is 1.21 bits per heavy atom. The Kier molecular flexibility index (Phi) is 7.15. The Morgan fingerprint density at radius 3 is 2.29 bits per heavy atom. The summed E-state index contributed by atoms with van der Waals surface area (Å²) in [6.07, 6.45) is 1.07. The van der Waals surface area contributed by atoms with Crippen molar-refractivity contribution >= 4 is 0 Å². The minimum Gasteiger partial charge on any atom is -0.375 e. The molecule has 0 unspecified atom stereocenters. The number of nitrogens with zero attached hydrogens (tertiary/aromatic N) is 1. The molecule has 2 N–H and O–H groups in total. The summed E-state index contributed by atoms with van der Waals surface area (Å²) < 4.78 is 5.67. The molecule has 0 bridgehead atoms. The second-order valence-corrected chi connectivity index (χ2v) is 4.54.